The standard InChI is InChI=1S/C26H27N2O6P/c1-2-17-31-18-19-32-26(29)28-25(20-21-13-15-22(27)16-14-21)35(30,33-23-9-5-3-6-10-23)34-24-11-7-4-8-12-24/h1,3-16,25H,17-20,27H2,(H,28,29). The highest BCUT2D eigenvalue weighted by atomic mass is 31.2. The number of terminal acetylenes is 1. The van der Waals surface area contributed by atoms with Crippen LogP contribution in [0.25, 0.3) is 0 Å². The van der Waals surface area contributed by atoms with Gasteiger partial charge in [-0.05, 0) is 42.0 Å². The molecule has 0 aliphatic carbocycles. The summed E-state index contributed by atoms with van der Waals surface area (Å²) in [6.45, 7) is 0.195. The van der Waals surface area contributed by atoms with Crippen LogP contribution in [0.1, 0.15) is 5.56 Å². The number of ether oxygens (including phenoxy) is 2. The summed E-state index contributed by atoms with van der Waals surface area (Å²) < 4.78 is 36.4. The molecular weight excluding hydrogens is 467 g/mol. The first-order valence-corrected chi connectivity index (χ1v) is 12.5. The van der Waals surface area contributed by atoms with Crippen LogP contribution in [0.4, 0.5) is 10.5 Å². The zero-order valence-corrected chi connectivity index (χ0v) is 19.9. The molecule has 0 bridgehead atoms. The molecule has 0 spiro atoms. The number of benzene rings is 3. The summed E-state index contributed by atoms with van der Waals surface area (Å²) in [6, 6.07) is 24.2. The van der Waals surface area contributed by atoms with Crippen molar-refractivity contribution in [3.8, 4) is 23.8 Å². The van der Waals surface area contributed by atoms with E-state index in [9.17, 15) is 9.36 Å². The number of carbonyl (C=O) groups is 1. The Morgan fingerprint density at radius 2 is 1.49 bits per heavy atom. The van der Waals surface area contributed by atoms with Gasteiger partial charge in [0.15, 0.2) is 5.78 Å². The molecule has 0 saturated heterocycles. The second-order valence-electron chi connectivity index (χ2n) is 7.35. The SMILES string of the molecule is C#CCOCCOC(=O)NC(Cc1ccc(N)cc1)P(=O)(Oc1ccccc1)Oc1ccccc1. The molecule has 3 aromatic carbocycles. The Hall–Kier alpha value is -3.92. The molecule has 0 fully saturated rings. The Morgan fingerprint density at radius 3 is 2.03 bits per heavy atom. The Balaban J connectivity index is 1.87. The number of rotatable bonds is 12. The van der Waals surface area contributed by atoms with Crippen LogP contribution in [0.15, 0.2) is 84.9 Å². The highest BCUT2D eigenvalue weighted by molar-refractivity contribution is 7.55. The summed E-state index contributed by atoms with van der Waals surface area (Å²) in [5, 5.41) is 2.65. The normalized spacial score (nSPS) is 11.6. The highest BCUT2D eigenvalue weighted by Crippen LogP contribution is 2.53. The fraction of sp³-hybridized carbons (Fsp3) is 0.192. The van der Waals surface area contributed by atoms with Crippen molar-refractivity contribution in [2.24, 2.45) is 0 Å². The van der Waals surface area contributed by atoms with Gasteiger partial charge < -0.3 is 29.6 Å². The van der Waals surface area contributed by atoms with E-state index in [0.717, 1.165) is 5.56 Å². The number of alkyl carbamates (subject to hydrolysis) is 1. The summed E-state index contributed by atoms with van der Waals surface area (Å²) in [5.41, 5.74) is 7.14. The molecule has 0 aliphatic heterocycles. The molecule has 0 aliphatic rings. The number of amides is 1. The molecule has 1 amide bonds. The summed E-state index contributed by atoms with van der Waals surface area (Å²) in [5.74, 6) is 1.89. The molecule has 182 valence electrons. The lowest BCUT2D eigenvalue weighted by Crippen LogP contribution is -2.39. The molecular formula is C26H27N2O6P. The topological polar surface area (TPSA) is 109 Å². The summed E-state index contributed by atoms with van der Waals surface area (Å²) in [4.78, 5) is 12.6. The third kappa shape index (κ3) is 8.42. The predicted octanol–water partition coefficient (Wildman–Crippen LogP) is 4.86. The van der Waals surface area contributed by atoms with E-state index in [4.69, 9.17) is 30.7 Å². The van der Waals surface area contributed by atoms with Crippen molar-refractivity contribution >= 4 is 19.4 Å². The number of nitrogens with two attached hydrogens (primary N) is 1. The van der Waals surface area contributed by atoms with E-state index in [1.807, 2.05) is 0 Å². The first-order valence-electron chi connectivity index (χ1n) is 10.9. The minimum atomic E-state index is -4.06. The molecule has 1 unspecified atom stereocenters. The van der Waals surface area contributed by atoms with E-state index in [1.165, 1.54) is 0 Å². The zero-order chi connectivity index (χ0) is 24.9. The average molecular weight is 494 g/mol. The van der Waals surface area contributed by atoms with Crippen molar-refractivity contribution in [2.45, 2.75) is 12.2 Å². The lowest BCUT2D eigenvalue weighted by molar-refractivity contribution is 0.0863. The fourth-order valence-electron chi connectivity index (χ4n) is 3.02. The maximum atomic E-state index is 14.3. The molecule has 3 aromatic rings. The van der Waals surface area contributed by atoms with Crippen LogP contribution in [-0.2, 0) is 20.5 Å². The average Bonchev–Trinajstić information content (AvgIpc) is 2.86. The van der Waals surface area contributed by atoms with Crippen LogP contribution >= 0.6 is 7.60 Å². The van der Waals surface area contributed by atoms with Crippen LogP contribution < -0.4 is 20.1 Å². The van der Waals surface area contributed by atoms with E-state index < -0.39 is 19.5 Å². The Labute approximate surface area is 204 Å². The Bertz CT molecular complexity index is 1100. The van der Waals surface area contributed by atoms with Gasteiger partial charge in [-0.25, -0.2) is 9.36 Å². The van der Waals surface area contributed by atoms with Crippen LogP contribution in [0, 0.1) is 12.3 Å². The molecule has 0 radical (unpaired) electrons. The van der Waals surface area contributed by atoms with Crippen LogP contribution in [0.2, 0.25) is 0 Å². The van der Waals surface area contributed by atoms with Gasteiger partial charge in [0.25, 0.3) is 0 Å². The molecule has 3 N–H and O–H groups in total. The number of carbonyl (C=O) groups excluding carboxylic acids is 1. The first-order chi connectivity index (χ1) is 17.0. The number of hydrogen-bond acceptors (Lipinski definition) is 7. The van der Waals surface area contributed by atoms with Gasteiger partial charge in [0.05, 0.1) is 6.61 Å². The van der Waals surface area contributed by atoms with Gasteiger partial charge in [-0.3, -0.25) is 0 Å². The predicted molar refractivity (Wildman–Crippen MR) is 134 cm³/mol. The number of nitrogens with one attached hydrogen (secondary N) is 1. The summed E-state index contributed by atoms with van der Waals surface area (Å²) in [6.07, 6.45) is 4.45. The minimum absolute atomic E-state index is 0.0362. The van der Waals surface area contributed by atoms with Crippen molar-refractivity contribution in [3.63, 3.8) is 0 Å². The van der Waals surface area contributed by atoms with Crippen LogP contribution in [-0.4, -0.2) is 31.7 Å². The van der Waals surface area contributed by atoms with Crippen molar-refractivity contribution in [1.82, 2.24) is 5.32 Å². The summed E-state index contributed by atoms with van der Waals surface area (Å²) in [7, 11) is -4.06. The largest absolute Gasteiger partial charge is 0.453 e. The van der Waals surface area contributed by atoms with Crippen molar-refractivity contribution in [2.75, 3.05) is 25.6 Å². The van der Waals surface area contributed by atoms with Gasteiger partial charge in [0, 0.05) is 12.1 Å². The molecule has 3 rings (SSSR count). The molecule has 8 nitrogen and oxygen atoms in total. The Morgan fingerprint density at radius 1 is 0.914 bits per heavy atom. The first kappa shape index (κ1) is 25.7. The monoisotopic (exact) mass is 494 g/mol. The van der Waals surface area contributed by atoms with Crippen LogP contribution in [0.5, 0.6) is 11.5 Å². The molecule has 35 heavy (non-hydrogen) atoms. The minimum Gasteiger partial charge on any atom is -0.447 e. The lowest BCUT2D eigenvalue weighted by atomic mass is 10.1. The molecule has 1 atom stereocenters. The van der Waals surface area contributed by atoms with Gasteiger partial charge in [0.1, 0.15) is 24.7 Å². The van der Waals surface area contributed by atoms with E-state index in [0.29, 0.717) is 17.2 Å². The van der Waals surface area contributed by atoms with E-state index in [2.05, 4.69) is 11.2 Å². The van der Waals surface area contributed by atoms with Crippen molar-refractivity contribution < 1.29 is 27.9 Å². The quantitative estimate of drug-likeness (QED) is 0.160. The van der Waals surface area contributed by atoms with E-state index in [-0.39, 0.29) is 26.2 Å². The van der Waals surface area contributed by atoms with Gasteiger partial charge in [-0.15, -0.1) is 6.42 Å². The third-order valence-corrected chi connectivity index (χ3v) is 6.68. The molecule has 0 saturated carbocycles. The maximum absolute atomic E-state index is 14.3. The fourth-order valence-corrected chi connectivity index (χ4v) is 4.84. The number of anilines is 1. The van der Waals surface area contributed by atoms with E-state index >= 15 is 0 Å². The molecule has 0 heterocycles. The molecule has 9 heteroatoms. The second-order valence-corrected chi connectivity index (χ2v) is 9.42. The van der Waals surface area contributed by atoms with Gasteiger partial charge in [-0.1, -0.05) is 54.5 Å². The lowest BCUT2D eigenvalue weighted by Gasteiger charge is -2.28. The van der Waals surface area contributed by atoms with E-state index in [1.54, 1.807) is 84.9 Å². The molecule has 0 aromatic heterocycles. The second kappa shape index (κ2) is 13.1. The highest BCUT2D eigenvalue weighted by Gasteiger charge is 2.41. The smallest absolute Gasteiger partial charge is 0.447 e. The number of para-hydroxylation sites is 2. The van der Waals surface area contributed by atoms with Gasteiger partial charge in [-0.2, -0.15) is 0 Å². The summed E-state index contributed by atoms with van der Waals surface area (Å²) >= 11 is 0. The van der Waals surface area contributed by atoms with Gasteiger partial charge >= 0.3 is 13.7 Å². The number of nitrogen functional groups attached to an aromatic ring is 1. The van der Waals surface area contributed by atoms with Crippen molar-refractivity contribution in [1.29, 1.82) is 0 Å². The van der Waals surface area contributed by atoms with Gasteiger partial charge in [0.2, 0.25) is 0 Å². The zero-order valence-electron chi connectivity index (χ0n) is 19.0. The van der Waals surface area contributed by atoms with Crippen LogP contribution in [0.3, 0.4) is 0 Å². The third-order valence-electron chi connectivity index (χ3n) is 4.67. The maximum Gasteiger partial charge on any atom is 0.453 e. The number of hydrogen-bond donors (Lipinski definition) is 2. The van der Waals surface area contributed by atoms with Crippen molar-refractivity contribution in [3.05, 3.63) is 90.5 Å². The Kier molecular flexibility index (Phi) is 9.61.